The standard InChI is InChI=1S/C21H26N2O3/c1-4-5-13-22-20(24)16-9-8-10-17(14-16)23-21(25)18-11-6-7-12-19(18)26-15(2)3/h6-12,14-15H,4-5,13H2,1-3H3,(H,22,24)(H,23,25). The SMILES string of the molecule is CCCCNC(=O)c1cccc(NC(=O)c2ccccc2OC(C)C)c1. The van der Waals surface area contributed by atoms with Crippen molar-refractivity contribution in [1.29, 1.82) is 0 Å². The van der Waals surface area contributed by atoms with Gasteiger partial charge in [0.15, 0.2) is 0 Å². The number of carbonyl (C=O) groups is 2. The summed E-state index contributed by atoms with van der Waals surface area (Å²) >= 11 is 0. The molecule has 0 radical (unpaired) electrons. The molecule has 0 fully saturated rings. The monoisotopic (exact) mass is 354 g/mol. The smallest absolute Gasteiger partial charge is 0.259 e. The molecule has 0 saturated carbocycles. The molecule has 2 rings (SSSR count). The van der Waals surface area contributed by atoms with Gasteiger partial charge in [-0.15, -0.1) is 0 Å². The molecule has 0 saturated heterocycles. The minimum Gasteiger partial charge on any atom is -0.490 e. The molecule has 0 atom stereocenters. The highest BCUT2D eigenvalue weighted by Crippen LogP contribution is 2.21. The zero-order valence-electron chi connectivity index (χ0n) is 15.5. The number of para-hydroxylation sites is 1. The number of hydrogen-bond donors (Lipinski definition) is 2. The van der Waals surface area contributed by atoms with Crippen LogP contribution in [0, 0.1) is 0 Å². The first-order valence-corrected chi connectivity index (χ1v) is 8.96. The number of unbranched alkanes of at least 4 members (excludes halogenated alkanes) is 1. The van der Waals surface area contributed by atoms with E-state index in [9.17, 15) is 9.59 Å². The van der Waals surface area contributed by atoms with Crippen molar-refractivity contribution in [3.8, 4) is 5.75 Å². The third-order valence-corrected chi connectivity index (χ3v) is 3.69. The molecule has 0 aromatic heterocycles. The van der Waals surface area contributed by atoms with Crippen LogP contribution in [-0.4, -0.2) is 24.5 Å². The fourth-order valence-electron chi connectivity index (χ4n) is 2.43. The molecule has 2 amide bonds. The fraction of sp³-hybridized carbons (Fsp3) is 0.333. The van der Waals surface area contributed by atoms with Crippen LogP contribution in [0.25, 0.3) is 0 Å². The van der Waals surface area contributed by atoms with Crippen LogP contribution >= 0.6 is 0 Å². The van der Waals surface area contributed by atoms with Crippen molar-refractivity contribution in [2.24, 2.45) is 0 Å². The van der Waals surface area contributed by atoms with E-state index >= 15 is 0 Å². The lowest BCUT2D eigenvalue weighted by Crippen LogP contribution is -2.24. The predicted molar refractivity (Wildman–Crippen MR) is 104 cm³/mol. The lowest BCUT2D eigenvalue weighted by molar-refractivity contribution is 0.0951. The number of benzene rings is 2. The first-order valence-electron chi connectivity index (χ1n) is 8.96. The maximum atomic E-state index is 12.6. The summed E-state index contributed by atoms with van der Waals surface area (Å²) in [6, 6.07) is 14.0. The normalized spacial score (nSPS) is 10.5. The van der Waals surface area contributed by atoms with Gasteiger partial charge in [0.2, 0.25) is 0 Å². The first-order chi connectivity index (χ1) is 12.5. The lowest BCUT2D eigenvalue weighted by atomic mass is 10.1. The number of carbonyl (C=O) groups excluding carboxylic acids is 2. The van der Waals surface area contributed by atoms with Crippen molar-refractivity contribution in [2.75, 3.05) is 11.9 Å². The second-order valence-electron chi connectivity index (χ2n) is 6.31. The molecule has 5 nitrogen and oxygen atoms in total. The molecule has 0 aliphatic carbocycles. The second kappa shape index (κ2) is 9.61. The number of amides is 2. The molecule has 2 aromatic rings. The molecule has 5 heteroatoms. The summed E-state index contributed by atoms with van der Waals surface area (Å²) in [5.74, 6) is 0.122. The van der Waals surface area contributed by atoms with E-state index in [0.717, 1.165) is 12.8 Å². The van der Waals surface area contributed by atoms with Gasteiger partial charge in [-0.05, 0) is 50.6 Å². The van der Waals surface area contributed by atoms with Crippen LogP contribution in [0.2, 0.25) is 0 Å². The van der Waals surface area contributed by atoms with Gasteiger partial charge in [0.05, 0.1) is 11.7 Å². The molecule has 2 N–H and O–H groups in total. The molecular formula is C21H26N2O3. The van der Waals surface area contributed by atoms with Crippen LogP contribution in [0.3, 0.4) is 0 Å². The molecular weight excluding hydrogens is 328 g/mol. The quantitative estimate of drug-likeness (QED) is 0.696. The molecule has 0 heterocycles. The molecule has 138 valence electrons. The Hall–Kier alpha value is -2.82. The Morgan fingerprint density at radius 2 is 1.81 bits per heavy atom. The Morgan fingerprint density at radius 3 is 2.54 bits per heavy atom. The molecule has 2 aromatic carbocycles. The Morgan fingerprint density at radius 1 is 1.04 bits per heavy atom. The summed E-state index contributed by atoms with van der Waals surface area (Å²) in [6.07, 6.45) is 1.93. The van der Waals surface area contributed by atoms with E-state index < -0.39 is 0 Å². The van der Waals surface area contributed by atoms with E-state index in [0.29, 0.717) is 29.1 Å². The fourth-order valence-corrected chi connectivity index (χ4v) is 2.43. The van der Waals surface area contributed by atoms with Crippen LogP contribution in [0.1, 0.15) is 54.3 Å². The van der Waals surface area contributed by atoms with Crippen molar-refractivity contribution in [2.45, 2.75) is 39.7 Å². The summed E-state index contributed by atoms with van der Waals surface area (Å²) in [5, 5.41) is 5.71. The summed E-state index contributed by atoms with van der Waals surface area (Å²) in [6.45, 7) is 6.54. The maximum absolute atomic E-state index is 12.6. The molecule has 0 bridgehead atoms. The van der Waals surface area contributed by atoms with Crippen molar-refractivity contribution in [3.05, 3.63) is 59.7 Å². The molecule has 0 spiro atoms. The van der Waals surface area contributed by atoms with Gasteiger partial charge in [-0.1, -0.05) is 31.5 Å². The van der Waals surface area contributed by atoms with Gasteiger partial charge in [-0.2, -0.15) is 0 Å². The third kappa shape index (κ3) is 5.62. The summed E-state index contributed by atoms with van der Waals surface area (Å²) in [5.41, 5.74) is 1.54. The van der Waals surface area contributed by atoms with Gasteiger partial charge in [-0.3, -0.25) is 9.59 Å². The molecule has 0 unspecified atom stereocenters. The number of nitrogens with one attached hydrogen (secondary N) is 2. The molecule has 26 heavy (non-hydrogen) atoms. The Labute approximate surface area is 154 Å². The number of ether oxygens (including phenoxy) is 1. The average molecular weight is 354 g/mol. The van der Waals surface area contributed by atoms with E-state index in [1.165, 1.54) is 0 Å². The highest BCUT2D eigenvalue weighted by Gasteiger charge is 2.14. The van der Waals surface area contributed by atoms with Gasteiger partial charge in [0.1, 0.15) is 5.75 Å². The minimum atomic E-state index is -0.273. The van der Waals surface area contributed by atoms with Gasteiger partial charge in [0, 0.05) is 17.8 Å². The van der Waals surface area contributed by atoms with Crippen LogP contribution in [0.15, 0.2) is 48.5 Å². The van der Waals surface area contributed by atoms with Crippen molar-refractivity contribution < 1.29 is 14.3 Å². The Bertz CT molecular complexity index is 756. The maximum Gasteiger partial charge on any atom is 0.259 e. The van der Waals surface area contributed by atoms with Gasteiger partial charge in [-0.25, -0.2) is 0 Å². The summed E-state index contributed by atoms with van der Waals surface area (Å²) < 4.78 is 5.70. The summed E-state index contributed by atoms with van der Waals surface area (Å²) in [4.78, 5) is 24.8. The largest absolute Gasteiger partial charge is 0.490 e. The summed E-state index contributed by atoms with van der Waals surface area (Å²) in [7, 11) is 0. The van der Waals surface area contributed by atoms with E-state index in [4.69, 9.17) is 4.74 Å². The van der Waals surface area contributed by atoms with Gasteiger partial charge < -0.3 is 15.4 Å². The van der Waals surface area contributed by atoms with E-state index in [2.05, 4.69) is 17.6 Å². The van der Waals surface area contributed by atoms with Crippen LogP contribution in [0.5, 0.6) is 5.75 Å². The molecule has 0 aliphatic heterocycles. The zero-order valence-corrected chi connectivity index (χ0v) is 15.5. The van der Waals surface area contributed by atoms with E-state index in [1.807, 2.05) is 19.9 Å². The van der Waals surface area contributed by atoms with Crippen molar-refractivity contribution in [3.63, 3.8) is 0 Å². The third-order valence-electron chi connectivity index (χ3n) is 3.69. The van der Waals surface area contributed by atoms with Crippen molar-refractivity contribution in [1.82, 2.24) is 5.32 Å². The van der Waals surface area contributed by atoms with Gasteiger partial charge in [0.25, 0.3) is 11.8 Å². The average Bonchev–Trinajstić information content (AvgIpc) is 2.62. The first kappa shape index (κ1) is 19.5. The van der Waals surface area contributed by atoms with Crippen molar-refractivity contribution >= 4 is 17.5 Å². The van der Waals surface area contributed by atoms with E-state index in [-0.39, 0.29) is 17.9 Å². The molecule has 0 aliphatic rings. The lowest BCUT2D eigenvalue weighted by Gasteiger charge is -2.14. The van der Waals surface area contributed by atoms with Crippen LogP contribution in [-0.2, 0) is 0 Å². The number of hydrogen-bond acceptors (Lipinski definition) is 3. The van der Waals surface area contributed by atoms with Gasteiger partial charge >= 0.3 is 0 Å². The minimum absolute atomic E-state index is 0.0286. The number of anilines is 1. The highest BCUT2D eigenvalue weighted by molar-refractivity contribution is 6.06. The predicted octanol–water partition coefficient (Wildman–Crippen LogP) is 4.26. The van der Waals surface area contributed by atoms with E-state index in [1.54, 1.807) is 42.5 Å². The van der Waals surface area contributed by atoms with Crippen LogP contribution < -0.4 is 15.4 Å². The highest BCUT2D eigenvalue weighted by atomic mass is 16.5. The topological polar surface area (TPSA) is 67.4 Å². The number of rotatable bonds is 8. The van der Waals surface area contributed by atoms with Crippen LogP contribution in [0.4, 0.5) is 5.69 Å². The Balaban J connectivity index is 2.10. The zero-order chi connectivity index (χ0) is 18.9. The Kier molecular flexibility index (Phi) is 7.21. The second-order valence-corrected chi connectivity index (χ2v) is 6.31.